The van der Waals surface area contributed by atoms with Crippen LogP contribution in [0.1, 0.15) is 33.1 Å². The van der Waals surface area contributed by atoms with E-state index in [0.717, 1.165) is 19.3 Å². The van der Waals surface area contributed by atoms with Gasteiger partial charge in [-0.25, -0.2) is 0 Å². The Morgan fingerprint density at radius 2 is 2.08 bits per heavy atom. The first-order valence-corrected chi connectivity index (χ1v) is 5.19. The van der Waals surface area contributed by atoms with Gasteiger partial charge in [-0.3, -0.25) is 0 Å². The van der Waals surface area contributed by atoms with Crippen LogP contribution in [0.5, 0.6) is 0 Å². The van der Waals surface area contributed by atoms with Gasteiger partial charge in [0.2, 0.25) is 0 Å². The van der Waals surface area contributed by atoms with Gasteiger partial charge in [-0.1, -0.05) is 41.9 Å². The van der Waals surface area contributed by atoms with Gasteiger partial charge in [-0.05, 0) is 35.4 Å². The molecule has 0 saturated carbocycles. The van der Waals surface area contributed by atoms with Gasteiger partial charge in [0, 0.05) is 0 Å². The van der Waals surface area contributed by atoms with E-state index >= 15 is 0 Å². The SMILES string of the molecule is C=CCC(/C=C(/Br)CC)=C\CC. The van der Waals surface area contributed by atoms with Gasteiger partial charge >= 0.3 is 0 Å². The second-order valence-electron chi connectivity index (χ2n) is 2.62. The van der Waals surface area contributed by atoms with Gasteiger partial charge in [0.15, 0.2) is 0 Å². The number of hydrogen-bond donors (Lipinski definition) is 0. The Balaban J connectivity index is 4.31. The molecule has 0 amide bonds. The summed E-state index contributed by atoms with van der Waals surface area (Å²) >= 11 is 3.50. The van der Waals surface area contributed by atoms with Crippen LogP contribution in [0.15, 0.2) is 34.9 Å². The van der Waals surface area contributed by atoms with Crippen LogP contribution >= 0.6 is 15.9 Å². The van der Waals surface area contributed by atoms with Crippen LogP contribution in [0.25, 0.3) is 0 Å². The fraction of sp³-hybridized carbons (Fsp3) is 0.455. The summed E-state index contributed by atoms with van der Waals surface area (Å²) in [5, 5.41) is 0. The molecule has 0 radical (unpaired) electrons. The molecule has 0 fully saturated rings. The maximum atomic E-state index is 3.73. The summed E-state index contributed by atoms with van der Waals surface area (Å²) in [4.78, 5) is 0. The minimum absolute atomic E-state index is 0.961. The first-order valence-electron chi connectivity index (χ1n) is 4.40. The Labute approximate surface area is 84.2 Å². The second-order valence-corrected chi connectivity index (χ2v) is 3.64. The average Bonchev–Trinajstić information content (AvgIpc) is 2.05. The topological polar surface area (TPSA) is 0 Å². The Hall–Kier alpha value is -0.300. The summed E-state index contributed by atoms with van der Waals surface area (Å²) in [6.45, 7) is 8.02. The van der Waals surface area contributed by atoms with E-state index in [9.17, 15) is 0 Å². The number of hydrogen-bond acceptors (Lipinski definition) is 0. The van der Waals surface area contributed by atoms with Gasteiger partial charge in [-0.2, -0.15) is 0 Å². The van der Waals surface area contributed by atoms with Crippen LogP contribution in [-0.4, -0.2) is 0 Å². The summed E-state index contributed by atoms with van der Waals surface area (Å²) in [5.41, 5.74) is 1.35. The third-order valence-corrected chi connectivity index (χ3v) is 2.32. The summed E-state index contributed by atoms with van der Waals surface area (Å²) in [6.07, 6.45) is 9.46. The molecule has 0 aliphatic heterocycles. The van der Waals surface area contributed by atoms with E-state index in [1.807, 2.05) is 6.08 Å². The van der Waals surface area contributed by atoms with Crippen LogP contribution in [-0.2, 0) is 0 Å². The fourth-order valence-electron chi connectivity index (χ4n) is 0.933. The Bertz CT molecular complexity index is 187. The average molecular weight is 229 g/mol. The lowest BCUT2D eigenvalue weighted by Gasteiger charge is -1.98. The van der Waals surface area contributed by atoms with E-state index in [1.165, 1.54) is 10.1 Å². The third kappa shape index (κ3) is 5.36. The lowest BCUT2D eigenvalue weighted by molar-refractivity contribution is 1.14. The van der Waals surface area contributed by atoms with Gasteiger partial charge < -0.3 is 0 Å². The van der Waals surface area contributed by atoms with Crippen molar-refractivity contribution < 1.29 is 0 Å². The van der Waals surface area contributed by atoms with Crippen molar-refractivity contribution in [3.63, 3.8) is 0 Å². The highest BCUT2D eigenvalue weighted by atomic mass is 79.9. The Morgan fingerprint density at radius 3 is 2.50 bits per heavy atom. The van der Waals surface area contributed by atoms with Crippen molar-refractivity contribution in [1.82, 2.24) is 0 Å². The quantitative estimate of drug-likeness (QED) is 0.477. The summed E-state index contributed by atoms with van der Waals surface area (Å²) in [5.74, 6) is 0. The zero-order valence-electron chi connectivity index (χ0n) is 7.94. The molecule has 0 aromatic carbocycles. The molecule has 0 nitrogen and oxygen atoms in total. The Kier molecular flexibility index (Phi) is 7.17. The van der Waals surface area contributed by atoms with Crippen molar-refractivity contribution >= 4 is 15.9 Å². The lowest BCUT2D eigenvalue weighted by atomic mass is 10.1. The molecule has 0 aliphatic carbocycles. The van der Waals surface area contributed by atoms with E-state index in [2.05, 4.69) is 48.5 Å². The lowest BCUT2D eigenvalue weighted by Crippen LogP contribution is -1.77. The molecular formula is C11H17Br. The molecule has 0 N–H and O–H groups in total. The van der Waals surface area contributed by atoms with Crippen molar-refractivity contribution in [1.29, 1.82) is 0 Å². The molecule has 0 rings (SSSR count). The largest absolute Gasteiger partial charge is 0.103 e. The molecule has 0 aromatic rings. The molecule has 0 heterocycles. The van der Waals surface area contributed by atoms with Crippen molar-refractivity contribution in [2.45, 2.75) is 33.1 Å². The first kappa shape index (κ1) is 11.7. The van der Waals surface area contributed by atoms with Crippen molar-refractivity contribution in [2.24, 2.45) is 0 Å². The number of allylic oxidation sites excluding steroid dienone is 5. The molecule has 12 heavy (non-hydrogen) atoms. The van der Waals surface area contributed by atoms with Crippen LogP contribution < -0.4 is 0 Å². The van der Waals surface area contributed by atoms with E-state index in [4.69, 9.17) is 0 Å². The van der Waals surface area contributed by atoms with Crippen LogP contribution in [0, 0.1) is 0 Å². The minimum Gasteiger partial charge on any atom is -0.103 e. The predicted octanol–water partition coefficient (Wildman–Crippen LogP) is 4.59. The fourth-order valence-corrected chi connectivity index (χ4v) is 1.23. The van der Waals surface area contributed by atoms with Crippen molar-refractivity contribution in [3.8, 4) is 0 Å². The van der Waals surface area contributed by atoms with Crippen LogP contribution in [0.2, 0.25) is 0 Å². The molecule has 0 unspecified atom stereocenters. The third-order valence-electron chi connectivity index (χ3n) is 1.53. The molecule has 0 bridgehead atoms. The molecule has 0 spiro atoms. The van der Waals surface area contributed by atoms with E-state index in [1.54, 1.807) is 0 Å². The molecule has 0 aromatic heterocycles. The number of rotatable bonds is 5. The highest BCUT2D eigenvalue weighted by molar-refractivity contribution is 9.11. The van der Waals surface area contributed by atoms with Crippen molar-refractivity contribution in [3.05, 3.63) is 34.9 Å². The first-order chi connectivity index (χ1) is 5.74. The maximum Gasteiger partial charge on any atom is -0.00494 e. The molecule has 68 valence electrons. The monoisotopic (exact) mass is 228 g/mol. The Morgan fingerprint density at radius 1 is 1.42 bits per heavy atom. The molecule has 0 atom stereocenters. The smallest absolute Gasteiger partial charge is 0.00494 e. The van der Waals surface area contributed by atoms with Gasteiger partial charge in [0.05, 0.1) is 0 Å². The van der Waals surface area contributed by atoms with Gasteiger partial charge in [0.1, 0.15) is 0 Å². The zero-order chi connectivity index (χ0) is 9.40. The maximum absolute atomic E-state index is 3.73. The van der Waals surface area contributed by atoms with E-state index in [-0.39, 0.29) is 0 Å². The summed E-state index contributed by atoms with van der Waals surface area (Å²) < 4.78 is 1.25. The van der Waals surface area contributed by atoms with Crippen LogP contribution in [0.3, 0.4) is 0 Å². The van der Waals surface area contributed by atoms with Crippen LogP contribution in [0.4, 0.5) is 0 Å². The highest BCUT2D eigenvalue weighted by Gasteiger charge is 1.91. The standard InChI is InChI=1S/C11H17Br/c1-4-7-10(8-5-2)9-11(12)6-3/h4,8-9H,1,5-7H2,2-3H3/b10-8+,11-9+. The normalized spacial score (nSPS) is 13.2. The van der Waals surface area contributed by atoms with E-state index in [0.29, 0.717) is 0 Å². The van der Waals surface area contributed by atoms with Gasteiger partial charge in [-0.15, -0.1) is 6.58 Å². The minimum atomic E-state index is 0.961. The number of halogens is 1. The highest BCUT2D eigenvalue weighted by Crippen LogP contribution is 2.15. The molecule has 1 heteroatoms. The molecule has 0 aliphatic rings. The summed E-state index contributed by atoms with van der Waals surface area (Å²) in [7, 11) is 0. The van der Waals surface area contributed by atoms with Crippen molar-refractivity contribution in [2.75, 3.05) is 0 Å². The summed E-state index contributed by atoms with van der Waals surface area (Å²) in [6, 6.07) is 0. The van der Waals surface area contributed by atoms with E-state index < -0.39 is 0 Å². The zero-order valence-corrected chi connectivity index (χ0v) is 9.52. The second kappa shape index (κ2) is 7.35. The molecule has 0 saturated heterocycles. The van der Waals surface area contributed by atoms with Gasteiger partial charge in [0.25, 0.3) is 0 Å². The predicted molar refractivity (Wildman–Crippen MR) is 60.5 cm³/mol. The molecular weight excluding hydrogens is 212 g/mol.